The van der Waals surface area contributed by atoms with E-state index in [1.807, 2.05) is 20.8 Å². The molecule has 2 heterocycles. The maximum absolute atomic E-state index is 12.8. The Balaban J connectivity index is 1.97. The number of thiophene rings is 1. The molecule has 2 aromatic heterocycles. The average molecular weight is 396 g/mol. The van der Waals surface area contributed by atoms with E-state index >= 15 is 0 Å². The number of aryl methyl sites for hydroxylation is 3. The molecule has 3 rings (SSSR count). The highest BCUT2D eigenvalue weighted by Gasteiger charge is 2.22. The highest BCUT2D eigenvalue weighted by atomic mass is 35.5. The van der Waals surface area contributed by atoms with Gasteiger partial charge in [-0.2, -0.15) is 5.10 Å². The zero-order chi connectivity index (χ0) is 18.4. The van der Waals surface area contributed by atoms with E-state index in [4.69, 9.17) is 11.6 Å². The molecule has 0 unspecified atom stereocenters. The molecule has 0 saturated heterocycles. The molecule has 0 fully saturated rings. The molecule has 5 nitrogen and oxygen atoms in total. The number of hydrogen-bond donors (Lipinski definition) is 2. The summed E-state index contributed by atoms with van der Waals surface area (Å²) >= 11 is 7.49. The van der Waals surface area contributed by atoms with Gasteiger partial charge in [0.2, 0.25) is 0 Å². The number of hydrogen-bond acceptors (Lipinski definition) is 4. The molecule has 25 heavy (non-hydrogen) atoms. The van der Waals surface area contributed by atoms with Crippen molar-refractivity contribution in [3.8, 4) is 10.6 Å². The zero-order valence-corrected chi connectivity index (χ0v) is 16.7. The number of anilines is 1. The summed E-state index contributed by atoms with van der Waals surface area (Å²) in [7, 11) is -3.70. The fourth-order valence-electron chi connectivity index (χ4n) is 2.44. The second-order valence-electron chi connectivity index (χ2n) is 5.92. The minimum atomic E-state index is -3.70. The first kappa shape index (κ1) is 18.0. The fourth-order valence-corrected chi connectivity index (χ4v) is 5.31. The molecule has 0 aliphatic carbocycles. The Morgan fingerprint density at radius 2 is 1.88 bits per heavy atom. The van der Waals surface area contributed by atoms with E-state index in [1.54, 1.807) is 31.2 Å². The van der Waals surface area contributed by atoms with Crippen molar-refractivity contribution in [3.05, 3.63) is 51.0 Å². The van der Waals surface area contributed by atoms with Gasteiger partial charge < -0.3 is 0 Å². The van der Waals surface area contributed by atoms with E-state index in [0.717, 1.165) is 27.4 Å². The molecule has 1 aromatic carbocycles. The highest BCUT2D eigenvalue weighted by molar-refractivity contribution is 7.93. The molecular formula is C17H18ClN3O2S2. The van der Waals surface area contributed by atoms with Gasteiger partial charge >= 0.3 is 0 Å². The second-order valence-corrected chi connectivity index (χ2v) is 9.24. The van der Waals surface area contributed by atoms with Crippen molar-refractivity contribution in [1.29, 1.82) is 0 Å². The van der Waals surface area contributed by atoms with Crippen LogP contribution in [0.2, 0.25) is 5.02 Å². The van der Waals surface area contributed by atoms with Gasteiger partial charge in [0.05, 0.1) is 10.6 Å². The molecule has 132 valence electrons. The predicted octanol–water partition coefficient (Wildman–Crippen LogP) is 4.83. The van der Waals surface area contributed by atoms with E-state index in [2.05, 4.69) is 14.9 Å². The van der Waals surface area contributed by atoms with Crippen molar-refractivity contribution in [1.82, 2.24) is 10.2 Å². The second kappa shape index (κ2) is 6.48. The molecule has 0 spiro atoms. The van der Waals surface area contributed by atoms with E-state index in [9.17, 15) is 8.42 Å². The summed E-state index contributed by atoms with van der Waals surface area (Å²) in [5.74, 6) is 0. The summed E-state index contributed by atoms with van der Waals surface area (Å²) in [4.78, 5) is 1.78. The summed E-state index contributed by atoms with van der Waals surface area (Å²) in [6.07, 6.45) is 0. The Bertz CT molecular complexity index is 1050. The molecule has 0 saturated carbocycles. The van der Waals surface area contributed by atoms with E-state index in [0.29, 0.717) is 15.6 Å². The first-order chi connectivity index (χ1) is 11.7. The molecular weight excluding hydrogens is 378 g/mol. The van der Waals surface area contributed by atoms with Crippen molar-refractivity contribution in [3.63, 3.8) is 0 Å². The van der Waals surface area contributed by atoms with Crippen LogP contribution in [0.15, 0.2) is 29.2 Å². The summed E-state index contributed by atoms with van der Waals surface area (Å²) in [6, 6.07) is 6.75. The van der Waals surface area contributed by atoms with Crippen molar-refractivity contribution in [2.75, 3.05) is 4.72 Å². The highest BCUT2D eigenvalue weighted by Crippen LogP contribution is 2.35. The van der Waals surface area contributed by atoms with Crippen LogP contribution in [-0.2, 0) is 10.0 Å². The molecule has 0 aliphatic heterocycles. The molecule has 0 radical (unpaired) electrons. The third kappa shape index (κ3) is 3.44. The monoisotopic (exact) mass is 395 g/mol. The van der Waals surface area contributed by atoms with Gasteiger partial charge in [-0.3, -0.25) is 9.82 Å². The summed E-state index contributed by atoms with van der Waals surface area (Å²) in [5.41, 5.74) is 4.10. The van der Waals surface area contributed by atoms with Gasteiger partial charge in [0.15, 0.2) is 0 Å². The van der Waals surface area contributed by atoms with E-state index < -0.39 is 10.0 Å². The predicted molar refractivity (Wildman–Crippen MR) is 103 cm³/mol. The average Bonchev–Trinajstić information content (AvgIpc) is 3.07. The zero-order valence-electron chi connectivity index (χ0n) is 14.3. The quantitative estimate of drug-likeness (QED) is 0.664. The lowest BCUT2D eigenvalue weighted by Gasteiger charge is -2.08. The summed E-state index contributed by atoms with van der Waals surface area (Å²) < 4.78 is 28.1. The normalized spacial score (nSPS) is 11.7. The Kier molecular flexibility index (Phi) is 4.66. The van der Waals surface area contributed by atoms with Crippen LogP contribution in [0, 0.1) is 27.7 Å². The van der Waals surface area contributed by atoms with Crippen molar-refractivity contribution >= 4 is 38.6 Å². The number of benzene rings is 1. The van der Waals surface area contributed by atoms with E-state index in [1.165, 1.54) is 11.3 Å². The topological polar surface area (TPSA) is 74.8 Å². The molecule has 3 aromatic rings. The number of rotatable bonds is 4. The lowest BCUT2D eigenvalue weighted by atomic mass is 10.2. The smallest absolute Gasteiger partial charge is 0.263 e. The van der Waals surface area contributed by atoms with Gasteiger partial charge in [-0.15, -0.1) is 11.3 Å². The first-order valence-corrected chi connectivity index (χ1v) is 10.3. The number of aromatic nitrogens is 2. The lowest BCUT2D eigenvalue weighted by Crippen LogP contribution is -2.13. The van der Waals surface area contributed by atoms with Gasteiger partial charge in [-0.25, -0.2) is 8.42 Å². The Morgan fingerprint density at radius 3 is 2.48 bits per heavy atom. The van der Waals surface area contributed by atoms with Crippen LogP contribution in [0.4, 0.5) is 5.69 Å². The third-order valence-electron chi connectivity index (χ3n) is 4.07. The maximum Gasteiger partial charge on any atom is 0.263 e. The Hall–Kier alpha value is -1.83. The molecule has 0 bridgehead atoms. The maximum atomic E-state index is 12.8. The van der Waals surface area contributed by atoms with Crippen LogP contribution >= 0.6 is 22.9 Å². The number of nitrogens with one attached hydrogen (secondary N) is 2. The third-order valence-corrected chi connectivity index (χ3v) is 7.17. The van der Waals surface area contributed by atoms with Gasteiger partial charge in [-0.1, -0.05) is 17.7 Å². The molecule has 2 N–H and O–H groups in total. The van der Waals surface area contributed by atoms with Crippen LogP contribution < -0.4 is 4.72 Å². The molecule has 0 aliphatic rings. The van der Waals surface area contributed by atoms with Crippen LogP contribution in [-0.4, -0.2) is 18.6 Å². The van der Waals surface area contributed by atoms with Gasteiger partial charge in [0.25, 0.3) is 10.0 Å². The van der Waals surface area contributed by atoms with Crippen molar-refractivity contribution in [2.24, 2.45) is 0 Å². The van der Waals surface area contributed by atoms with Crippen LogP contribution in [0.5, 0.6) is 0 Å². The Labute approximate surface area is 156 Å². The summed E-state index contributed by atoms with van der Waals surface area (Å²) in [6.45, 7) is 7.56. The van der Waals surface area contributed by atoms with Gasteiger partial charge in [-0.05, 0) is 57.0 Å². The lowest BCUT2D eigenvalue weighted by molar-refractivity contribution is 0.601. The van der Waals surface area contributed by atoms with Crippen molar-refractivity contribution < 1.29 is 8.42 Å². The van der Waals surface area contributed by atoms with E-state index in [-0.39, 0.29) is 4.90 Å². The largest absolute Gasteiger partial charge is 0.282 e. The van der Waals surface area contributed by atoms with Gasteiger partial charge in [0.1, 0.15) is 10.6 Å². The first-order valence-electron chi connectivity index (χ1n) is 7.60. The molecule has 0 atom stereocenters. The summed E-state index contributed by atoms with van der Waals surface area (Å²) in [5, 5.41) is 7.73. The molecule has 8 heteroatoms. The number of halogens is 1. The SMILES string of the molecule is Cc1ccc(NS(=O)(=O)c2cc(-c3n[nH]c(C)c3C)sc2C)cc1Cl. The van der Waals surface area contributed by atoms with Crippen LogP contribution in [0.25, 0.3) is 10.6 Å². The molecule has 0 amide bonds. The standard InChI is InChI=1S/C17H18ClN3O2S2/c1-9-5-6-13(7-14(9)18)21-25(22,23)16-8-15(24-12(16)4)17-10(2)11(3)19-20-17/h5-8,21H,1-4H3,(H,19,20). The fraction of sp³-hybridized carbons (Fsp3) is 0.235. The van der Waals surface area contributed by atoms with Crippen LogP contribution in [0.1, 0.15) is 21.7 Å². The Morgan fingerprint density at radius 1 is 1.16 bits per heavy atom. The minimum Gasteiger partial charge on any atom is -0.282 e. The number of H-pyrrole nitrogens is 1. The minimum absolute atomic E-state index is 0.254. The van der Waals surface area contributed by atoms with Gasteiger partial charge in [0, 0.05) is 15.6 Å². The number of nitrogens with zero attached hydrogens (tertiary/aromatic N) is 1. The number of sulfonamides is 1. The van der Waals surface area contributed by atoms with Crippen molar-refractivity contribution in [2.45, 2.75) is 32.6 Å². The van der Waals surface area contributed by atoms with Crippen LogP contribution in [0.3, 0.4) is 0 Å². The number of aromatic amines is 1.